The zero-order valence-corrected chi connectivity index (χ0v) is 11.3. The second-order valence-corrected chi connectivity index (χ2v) is 5.37. The summed E-state index contributed by atoms with van der Waals surface area (Å²) in [6, 6.07) is 6.49. The molecule has 0 atom stereocenters. The smallest absolute Gasteiger partial charge is 0.260 e. The predicted molar refractivity (Wildman–Crippen MR) is 74.5 cm³/mol. The van der Waals surface area contributed by atoms with Gasteiger partial charge in [-0.15, -0.1) is 0 Å². The van der Waals surface area contributed by atoms with Crippen LogP contribution in [-0.4, -0.2) is 37.0 Å². The van der Waals surface area contributed by atoms with E-state index in [0.717, 1.165) is 37.2 Å². The summed E-state index contributed by atoms with van der Waals surface area (Å²) in [4.78, 5) is 13.7. The molecule has 102 valence electrons. The molecule has 0 unspecified atom stereocenters. The van der Waals surface area contributed by atoms with Crippen LogP contribution < -0.4 is 10.1 Å². The van der Waals surface area contributed by atoms with Crippen molar-refractivity contribution in [2.45, 2.75) is 31.7 Å². The second-order valence-electron chi connectivity index (χ2n) is 5.37. The van der Waals surface area contributed by atoms with Crippen LogP contribution in [0.1, 0.15) is 24.8 Å². The molecule has 1 saturated carbocycles. The summed E-state index contributed by atoms with van der Waals surface area (Å²) >= 11 is 0. The molecule has 4 heteroatoms. The second kappa shape index (κ2) is 5.11. The summed E-state index contributed by atoms with van der Waals surface area (Å²) in [7, 11) is 1.86. The van der Waals surface area contributed by atoms with Gasteiger partial charge in [-0.05, 0) is 37.3 Å². The maximum Gasteiger partial charge on any atom is 0.260 e. The van der Waals surface area contributed by atoms with Gasteiger partial charge in [0, 0.05) is 31.4 Å². The fraction of sp³-hybridized carbons (Fsp3) is 0.533. The van der Waals surface area contributed by atoms with Crippen molar-refractivity contribution in [1.29, 1.82) is 0 Å². The van der Waals surface area contributed by atoms with E-state index in [2.05, 4.69) is 11.4 Å². The third kappa shape index (κ3) is 2.83. The summed E-state index contributed by atoms with van der Waals surface area (Å²) in [5, 5.41) is 3.37. The zero-order valence-electron chi connectivity index (χ0n) is 11.3. The molecule has 19 heavy (non-hydrogen) atoms. The van der Waals surface area contributed by atoms with Gasteiger partial charge in [0.05, 0.1) is 0 Å². The molecular weight excluding hydrogens is 240 g/mol. The lowest BCUT2D eigenvalue weighted by Gasteiger charge is -2.20. The van der Waals surface area contributed by atoms with Crippen molar-refractivity contribution in [3.63, 3.8) is 0 Å². The van der Waals surface area contributed by atoms with Gasteiger partial charge in [-0.1, -0.05) is 6.07 Å². The fourth-order valence-electron chi connectivity index (χ4n) is 2.44. The van der Waals surface area contributed by atoms with Crippen molar-refractivity contribution in [2.24, 2.45) is 0 Å². The first-order chi connectivity index (χ1) is 9.24. The number of likely N-dealkylation sites (N-methyl/N-ethyl adjacent to an activating group) is 1. The van der Waals surface area contributed by atoms with Crippen LogP contribution in [0.15, 0.2) is 18.2 Å². The molecule has 0 spiro atoms. The molecule has 0 radical (unpaired) electrons. The fourth-order valence-corrected chi connectivity index (χ4v) is 2.44. The zero-order chi connectivity index (χ0) is 13.2. The van der Waals surface area contributed by atoms with E-state index in [-0.39, 0.29) is 12.5 Å². The molecule has 3 rings (SSSR count). The van der Waals surface area contributed by atoms with Crippen molar-refractivity contribution >= 4 is 11.6 Å². The summed E-state index contributed by atoms with van der Waals surface area (Å²) in [5.74, 6) is 0.832. The van der Waals surface area contributed by atoms with E-state index < -0.39 is 0 Å². The number of carbonyl (C=O) groups is 1. The highest BCUT2D eigenvalue weighted by molar-refractivity contribution is 5.78. The number of nitrogens with one attached hydrogen (secondary N) is 1. The normalized spacial score (nSPS) is 17.3. The number of anilines is 1. The van der Waals surface area contributed by atoms with E-state index >= 15 is 0 Å². The number of hydrogen-bond donors (Lipinski definition) is 1. The number of carbonyl (C=O) groups excluding carboxylic acids is 1. The highest BCUT2D eigenvalue weighted by atomic mass is 16.5. The van der Waals surface area contributed by atoms with E-state index in [0.29, 0.717) is 6.04 Å². The number of ether oxygens (including phenoxy) is 1. The minimum atomic E-state index is 0.0631. The maximum atomic E-state index is 11.9. The first-order valence-electron chi connectivity index (χ1n) is 6.99. The van der Waals surface area contributed by atoms with Crippen LogP contribution >= 0.6 is 0 Å². The summed E-state index contributed by atoms with van der Waals surface area (Å²) in [5.41, 5.74) is 2.48. The molecule has 1 aromatic rings. The molecule has 0 bridgehead atoms. The summed E-state index contributed by atoms with van der Waals surface area (Å²) < 4.78 is 5.60. The van der Waals surface area contributed by atoms with Crippen molar-refractivity contribution in [3.05, 3.63) is 23.8 Å². The van der Waals surface area contributed by atoms with Gasteiger partial charge < -0.3 is 15.0 Å². The van der Waals surface area contributed by atoms with Crippen molar-refractivity contribution < 1.29 is 9.53 Å². The van der Waals surface area contributed by atoms with Crippen molar-refractivity contribution in [3.8, 4) is 5.75 Å². The molecule has 1 fully saturated rings. The minimum Gasteiger partial charge on any atom is -0.484 e. The molecule has 1 aromatic carbocycles. The first-order valence-corrected chi connectivity index (χ1v) is 6.99. The third-order valence-corrected chi connectivity index (χ3v) is 3.87. The molecule has 2 aliphatic rings. The number of fused-ring (bicyclic) bond motifs is 1. The van der Waals surface area contributed by atoms with Crippen LogP contribution in [0.2, 0.25) is 0 Å². The summed E-state index contributed by atoms with van der Waals surface area (Å²) in [6.45, 7) is 1.14. The predicted octanol–water partition coefficient (Wildman–Crippen LogP) is 2.04. The lowest BCUT2D eigenvalue weighted by atomic mass is 10.0. The summed E-state index contributed by atoms with van der Waals surface area (Å²) in [6.07, 6.45) is 4.56. The Morgan fingerprint density at radius 3 is 3.11 bits per heavy atom. The van der Waals surface area contributed by atoms with Gasteiger partial charge in [-0.25, -0.2) is 0 Å². The molecule has 1 amide bonds. The van der Waals surface area contributed by atoms with Crippen LogP contribution in [0.25, 0.3) is 0 Å². The van der Waals surface area contributed by atoms with Crippen LogP contribution in [0, 0.1) is 0 Å². The Morgan fingerprint density at radius 2 is 2.32 bits per heavy atom. The van der Waals surface area contributed by atoms with Crippen LogP contribution in [0.3, 0.4) is 0 Å². The molecule has 1 heterocycles. The molecule has 4 nitrogen and oxygen atoms in total. The Kier molecular flexibility index (Phi) is 3.32. The Balaban J connectivity index is 1.58. The van der Waals surface area contributed by atoms with Gasteiger partial charge in [0.15, 0.2) is 6.61 Å². The largest absolute Gasteiger partial charge is 0.484 e. The van der Waals surface area contributed by atoms with Crippen LogP contribution in [-0.2, 0) is 11.2 Å². The van der Waals surface area contributed by atoms with Gasteiger partial charge in [-0.3, -0.25) is 4.79 Å². The topological polar surface area (TPSA) is 41.6 Å². The number of rotatable bonds is 4. The maximum absolute atomic E-state index is 11.9. The number of hydrogen-bond acceptors (Lipinski definition) is 3. The van der Waals surface area contributed by atoms with E-state index in [1.807, 2.05) is 19.2 Å². The quantitative estimate of drug-likeness (QED) is 0.900. The highest BCUT2D eigenvalue weighted by Gasteiger charge is 2.29. The van der Waals surface area contributed by atoms with E-state index in [9.17, 15) is 4.79 Å². The van der Waals surface area contributed by atoms with Crippen LogP contribution in [0.4, 0.5) is 5.69 Å². The Hall–Kier alpha value is -1.71. The van der Waals surface area contributed by atoms with E-state index in [1.165, 1.54) is 12.0 Å². The molecule has 1 aliphatic carbocycles. The molecule has 0 aromatic heterocycles. The third-order valence-electron chi connectivity index (χ3n) is 3.87. The standard InChI is InChI=1S/C15H20N2O2/c1-17(12-5-6-12)15(18)10-19-13-7-4-11-3-2-8-16-14(11)9-13/h4,7,9,12,16H,2-3,5-6,8,10H2,1H3. The van der Waals surface area contributed by atoms with E-state index in [4.69, 9.17) is 4.74 Å². The molecule has 1 N–H and O–H groups in total. The average molecular weight is 260 g/mol. The van der Waals surface area contributed by atoms with Gasteiger partial charge in [0.2, 0.25) is 0 Å². The number of nitrogens with zero attached hydrogens (tertiary/aromatic N) is 1. The van der Waals surface area contributed by atoms with Gasteiger partial charge >= 0.3 is 0 Å². The van der Waals surface area contributed by atoms with Gasteiger partial charge in [0.1, 0.15) is 5.75 Å². The first kappa shape index (κ1) is 12.3. The van der Waals surface area contributed by atoms with Crippen molar-refractivity contribution in [2.75, 3.05) is 25.5 Å². The van der Waals surface area contributed by atoms with Gasteiger partial charge in [0.25, 0.3) is 5.91 Å². The number of amides is 1. The van der Waals surface area contributed by atoms with Crippen molar-refractivity contribution in [1.82, 2.24) is 4.90 Å². The lowest BCUT2D eigenvalue weighted by molar-refractivity contribution is -0.132. The SMILES string of the molecule is CN(C(=O)COc1ccc2c(c1)NCCC2)C1CC1. The monoisotopic (exact) mass is 260 g/mol. The molecule has 1 aliphatic heterocycles. The molecule has 0 saturated heterocycles. The van der Waals surface area contributed by atoms with Crippen LogP contribution in [0.5, 0.6) is 5.75 Å². The number of benzene rings is 1. The Labute approximate surface area is 113 Å². The Bertz CT molecular complexity index is 483. The van der Waals surface area contributed by atoms with E-state index in [1.54, 1.807) is 4.90 Å². The molecular formula is C15H20N2O2. The minimum absolute atomic E-state index is 0.0631. The average Bonchev–Trinajstić information content (AvgIpc) is 3.28. The highest BCUT2D eigenvalue weighted by Crippen LogP contribution is 2.27. The lowest BCUT2D eigenvalue weighted by Crippen LogP contribution is -2.33. The number of aryl methyl sites for hydroxylation is 1. The Morgan fingerprint density at radius 1 is 1.47 bits per heavy atom. The van der Waals surface area contributed by atoms with Gasteiger partial charge in [-0.2, -0.15) is 0 Å².